The van der Waals surface area contributed by atoms with Crippen LogP contribution >= 0.6 is 27.3 Å². The number of benzene rings is 1. The van der Waals surface area contributed by atoms with Gasteiger partial charge in [-0.25, -0.2) is 9.98 Å². The molecule has 0 saturated heterocycles. The molecule has 1 heterocycles. The van der Waals surface area contributed by atoms with Crippen LogP contribution < -0.4 is 15.4 Å². The van der Waals surface area contributed by atoms with Crippen molar-refractivity contribution in [3.63, 3.8) is 0 Å². The van der Waals surface area contributed by atoms with Crippen LogP contribution in [-0.4, -0.2) is 31.1 Å². The molecule has 1 aromatic heterocycles. The van der Waals surface area contributed by atoms with Crippen LogP contribution in [0, 0.1) is 6.92 Å². The highest BCUT2D eigenvalue weighted by atomic mass is 79.9. The van der Waals surface area contributed by atoms with E-state index >= 15 is 0 Å². The van der Waals surface area contributed by atoms with E-state index in [0.717, 1.165) is 46.3 Å². The second-order valence-electron chi connectivity index (χ2n) is 5.19. The SMILES string of the molecule is CCNC(=NCc1cc(Br)ccc1OC)NCCc1ncc(C)s1. The van der Waals surface area contributed by atoms with Gasteiger partial charge < -0.3 is 15.4 Å². The van der Waals surface area contributed by atoms with E-state index in [-0.39, 0.29) is 0 Å². The lowest BCUT2D eigenvalue weighted by Gasteiger charge is -2.12. The van der Waals surface area contributed by atoms with Gasteiger partial charge in [0.25, 0.3) is 0 Å². The van der Waals surface area contributed by atoms with Gasteiger partial charge in [-0.3, -0.25) is 0 Å². The molecule has 0 unspecified atom stereocenters. The summed E-state index contributed by atoms with van der Waals surface area (Å²) >= 11 is 5.23. The number of ether oxygens (including phenoxy) is 1. The van der Waals surface area contributed by atoms with Gasteiger partial charge in [0.05, 0.1) is 18.7 Å². The molecular formula is C17H23BrN4OS. The number of aromatic nitrogens is 1. The lowest BCUT2D eigenvalue weighted by atomic mass is 10.2. The van der Waals surface area contributed by atoms with Crippen LogP contribution in [0.1, 0.15) is 22.4 Å². The molecule has 0 atom stereocenters. The number of thiazole rings is 1. The summed E-state index contributed by atoms with van der Waals surface area (Å²) in [6.45, 7) is 6.30. The molecule has 2 rings (SSSR count). The molecule has 5 nitrogen and oxygen atoms in total. The van der Waals surface area contributed by atoms with Crippen LogP contribution in [0.2, 0.25) is 0 Å². The first-order valence-electron chi connectivity index (χ1n) is 7.88. The van der Waals surface area contributed by atoms with Crippen molar-refractivity contribution in [2.75, 3.05) is 20.2 Å². The highest BCUT2D eigenvalue weighted by Gasteiger charge is 2.05. The first kappa shape index (κ1) is 18.7. The number of hydrogen-bond donors (Lipinski definition) is 2. The van der Waals surface area contributed by atoms with Crippen molar-refractivity contribution in [3.05, 3.63) is 44.3 Å². The van der Waals surface area contributed by atoms with Crippen LogP contribution in [0.25, 0.3) is 0 Å². The monoisotopic (exact) mass is 410 g/mol. The Hall–Kier alpha value is -1.60. The Bertz CT molecular complexity index is 687. The van der Waals surface area contributed by atoms with Crippen molar-refractivity contribution in [1.29, 1.82) is 0 Å². The predicted molar refractivity (Wildman–Crippen MR) is 104 cm³/mol. The van der Waals surface area contributed by atoms with Gasteiger partial charge in [-0.2, -0.15) is 0 Å². The van der Waals surface area contributed by atoms with E-state index in [1.54, 1.807) is 18.4 Å². The fourth-order valence-corrected chi connectivity index (χ4v) is 3.38. The van der Waals surface area contributed by atoms with Gasteiger partial charge in [0, 0.05) is 40.6 Å². The molecule has 0 aliphatic carbocycles. The zero-order valence-corrected chi connectivity index (χ0v) is 16.6. The number of rotatable bonds is 7. The highest BCUT2D eigenvalue weighted by molar-refractivity contribution is 9.10. The minimum atomic E-state index is 0.550. The number of guanidine groups is 1. The molecule has 7 heteroatoms. The number of nitrogens with zero attached hydrogens (tertiary/aromatic N) is 2. The average molecular weight is 411 g/mol. The molecule has 0 aliphatic rings. The Morgan fingerprint density at radius 1 is 1.38 bits per heavy atom. The molecule has 24 heavy (non-hydrogen) atoms. The Labute approximate surface area is 155 Å². The van der Waals surface area contributed by atoms with Crippen LogP contribution in [0.5, 0.6) is 5.75 Å². The molecule has 2 aromatic rings. The van der Waals surface area contributed by atoms with Crippen LogP contribution in [0.4, 0.5) is 0 Å². The van der Waals surface area contributed by atoms with E-state index < -0.39 is 0 Å². The topological polar surface area (TPSA) is 58.5 Å². The highest BCUT2D eigenvalue weighted by Crippen LogP contribution is 2.23. The molecule has 0 amide bonds. The Morgan fingerprint density at radius 2 is 2.21 bits per heavy atom. The normalized spacial score (nSPS) is 11.4. The minimum Gasteiger partial charge on any atom is -0.496 e. The van der Waals surface area contributed by atoms with Gasteiger partial charge in [-0.1, -0.05) is 15.9 Å². The number of halogens is 1. The van der Waals surface area contributed by atoms with Gasteiger partial charge >= 0.3 is 0 Å². The zero-order chi connectivity index (χ0) is 17.4. The van der Waals surface area contributed by atoms with Crippen LogP contribution in [-0.2, 0) is 13.0 Å². The van der Waals surface area contributed by atoms with Crippen LogP contribution in [0.3, 0.4) is 0 Å². The van der Waals surface area contributed by atoms with Gasteiger partial charge in [0.1, 0.15) is 5.75 Å². The first-order valence-corrected chi connectivity index (χ1v) is 9.49. The van der Waals surface area contributed by atoms with E-state index in [1.165, 1.54) is 4.88 Å². The number of aliphatic imine (C=N–C) groups is 1. The molecule has 0 bridgehead atoms. The summed E-state index contributed by atoms with van der Waals surface area (Å²) in [4.78, 5) is 10.3. The van der Waals surface area contributed by atoms with Gasteiger partial charge in [-0.15, -0.1) is 11.3 Å². The molecule has 2 N–H and O–H groups in total. The maximum absolute atomic E-state index is 5.40. The third-order valence-electron chi connectivity index (χ3n) is 3.29. The van der Waals surface area contributed by atoms with E-state index in [2.05, 4.69) is 50.4 Å². The van der Waals surface area contributed by atoms with Gasteiger partial charge in [-0.05, 0) is 32.0 Å². The van der Waals surface area contributed by atoms with E-state index in [0.29, 0.717) is 6.54 Å². The maximum Gasteiger partial charge on any atom is 0.191 e. The summed E-state index contributed by atoms with van der Waals surface area (Å²) < 4.78 is 6.42. The summed E-state index contributed by atoms with van der Waals surface area (Å²) in [7, 11) is 1.68. The molecule has 1 aromatic carbocycles. The summed E-state index contributed by atoms with van der Waals surface area (Å²) in [5, 5.41) is 7.76. The van der Waals surface area contributed by atoms with Crippen molar-refractivity contribution in [3.8, 4) is 5.75 Å². The molecule has 0 saturated carbocycles. The molecular weight excluding hydrogens is 388 g/mol. The van der Waals surface area contributed by atoms with E-state index in [9.17, 15) is 0 Å². The largest absolute Gasteiger partial charge is 0.496 e. The molecule has 130 valence electrons. The Balaban J connectivity index is 1.96. The molecule has 0 fully saturated rings. The number of methoxy groups -OCH3 is 1. The summed E-state index contributed by atoms with van der Waals surface area (Å²) in [6.07, 6.45) is 2.81. The second-order valence-corrected chi connectivity index (χ2v) is 7.43. The Morgan fingerprint density at radius 3 is 2.88 bits per heavy atom. The lowest BCUT2D eigenvalue weighted by Crippen LogP contribution is -2.38. The zero-order valence-electron chi connectivity index (χ0n) is 14.2. The second kappa shape index (κ2) is 9.64. The number of hydrogen-bond acceptors (Lipinski definition) is 4. The third kappa shape index (κ3) is 5.79. The van der Waals surface area contributed by atoms with E-state index in [4.69, 9.17) is 4.74 Å². The van der Waals surface area contributed by atoms with Crippen molar-refractivity contribution in [1.82, 2.24) is 15.6 Å². The number of aryl methyl sites for hydroxylation is 1. The quantitative estimate of drug-likeness (QED) is 0.541. The fraction of sp³-hybridized carbons (Fsp3) is 0.412. The van der Waals surface area contributed by atoms with Crippen LogP contribution in [0.15, 0.2) is 33.9 Å². The van der Waals surface area contributed by atoms with Crippen molar-refractivity contribution < 1.29 is 4.74 Å². The summed E-state index contributed by atoms with van der Waals surface area (Å²) in [6, 6.07) is 5.94. The van der Waals surface area contributed by atoms with Gasteiger partial charge in [0.15, 0.2) is 5.96 Å². The first-order chi connectivity index (χ1) is 11.6. The molecule has 0 radical (unpaired) electrons. The Kier molecular flexibility index (Phi) is 7.52. The maximum atomic E-state index is 5.40. The average Bonchev–Trinajstić information content (AvgIpc) is 2.98. The fourth-order valence-electron chi connectivity index (χ4n) is 2.18. The minimum absolute atomic E-state index is 0.550. The number of nitrogens with one attached hydrogen (secondary N) is 2. The summed E-state index contributed by atoms with van der Waals surface area (Å²) in [5.74, 6) is 1.64. The van der Waals surface area contributed by atoms with Crippen molar-refractivity contribution in [2.24, 2.45) is 4.99 Å². The third-order valence-corrected chi connectivity index (χ3v) is 4.76. The lowest BCUT2D eigenvalue weighted by molar-refractivity contribution is 0.409. The standard InChI is InChI=1S/C17H23BrN4OS/c1-4-19-17(20-8-7-16-21-10-12(2)24-16)22-11-13-9-14(18)5-6-15(13)23-3/h5-6,9-10H,4,7-8,11H2,1-3H3,(H2,19,20,22). The molecule has 0 aliphatic heterocycles. The molecule has 0 spiro atoms. The summed E-state index contributed by atoms with van der Waals surface area (Å²) in [5.41, 5.74) is 1.04. The van der Waals surface area contributed by atoms with Gasteiger partial charge in [0.2, 0.25) is 0 Å². The van der Waals surface area contributed by atoms with E-state index in [1.807, 2.05) is 24.4 Å². The predicted octanol–water partition coefficient (Wildman–Crippen LogP) is 3.52. The van der Waals surface area contributed by atoms with Crippen molar-refractivity contribution in [2.45, 2.75) is 26.8 Å². The van der Waals surface area contributed by atoms with Crippen molar-refractivity contribution >= 4 is 33.2 Å². The smallest absolute Gasteiger partial charge is 0.191 e.